The minimum absolute atomic E-state index is 0.0331. The zero-order chi connectivity index (χ0) is 21.8. The fourth-order valence-electron chi connectivity index (χ4n) is 3.33. The van der Waals surface area contributed by atoms with Crippen LogP contribution < -0.4 is 4.74 Å². The van der Waals surface area contributed by atoms with Crippen molar-refractivity contribution in [3.63, 3.8) is 0 Å². The molecular formula is C19H21N3O7S. The Morgan fingerprint density at radius 3 is 2.53 bits per heavy atom. The predicted molar refractivity (Wildman–Crippen MR) is 109 cm³/mol. The van der Waals surface area contributed by atoms with Crippen LogP contribution in [0, 0.1) is 10.1 Å². The molecule has 2 fully saturated rings. The van der Waals surface area contributed by atoms with E-state index < -0.39 is 27.5 Å². The van der Waals surface area contributed by atoms with Crippen LogP contribution >= 0.6 is 11.8 Å². The van der Waals surface area contributed by atoms with Gasteiger partial charge in [0.05, 0.1) is 16.9 Å². The number of benzene rings is 1. The Morgan fingerprint density at radius 1 is 1.27 bits per heavy atom. The van der Waals surface area contributed by atoms with Gasteiger partial charge in [-0.05, 0) is 42.3 Å². The van der Waals surface area contributed by atoms with Gasteiger partial charge >= 0.3 is 5.69 Å². The lowest BCUT2D eigenvalue weighted by molar-refractivity contribution is -0.386. The number of carbonyl (C=O) groups is 3. The third kappa shape index (κ3) is 4.56. The molecule has 0 saturated carbocycles. The number of nitro groups is 1. The van der Waals surface area contributed by atoms with E-state index in [1.165, 1.54) is 19.3 Å². The van der Waals surface area contributed by atoms with Crippen molar-refractivity contribution in [1.82, 2.24) is 9.80 Å². The van der Waals surface area contributed by atoms with E-state index in [-0.39, 0.29) is 28.7 Å². The third-order valence-corrected chi connectivity index (χ3v) is 5.82. The van der Waals surface area contributed by atoms with Gasteiger partial charge in [-0.25, -0.2) is 0 Å². The molecule has 2 heterocycles. The first kappa shape index (κ1) is 21.6. The van der Waals surface area contributed by atoms with Crippen LogP contribution in [0.1, 0.15) is 31.2 Å². The number of phenolic OH excluding ortho intramolecular Hbond substituents is 1. The standard InChI is InChI=1S/C19H21N3O7S/c1-29-14-9-12(8-13(17(14)24)22(27)28)10-15-18(25)21(19(26)30-15)11-16(23)20-6-4-2-3-5-7-20/h8-10,24H,2-7,11H2,1H3/b15-10-. The molecule has 1 N–H and O–H groups in total. The molecule has 30 heavy (non-hydrogen) atoms. The number of phenols is 1. The molecular weight excluding hydrogens is 414 g/mol. The second-order valence-corrected chi connectivity index (χ2v) is 7.90. The van der Waals surface area contributed by atoms with Crippen LogP contribution in [-0.2, 0) is 9.59 Å². The Labute approximate surface area is 176 Å². The van der Waals surface area contributed by atoms with E-state index in [9.17, 15) is 29.6 Å². The number of thioether (sulfide) groups is 1. The molecule has 0 spiro atoms. The van der Waals surface area contributed by atoms with Crippen molar-refractivity contribution < 1.29 is 29.2 Å². The summed E-state index contributed by atoms with van der Waals surface area (Å²) in [7, 11) is 1.24. The summed E-state index contributed by atoms with van der Waals surface area (Å²) in [4.78, 5) is 50.5. The summed E-state index contributed by atoms with van der Waals surface area (Å²) >= 11 is 0.656. The van der Waals surface area contributed by atoms with E-state index in [0.717, 1.165) is 36.6 Å². The van der Waals surface area contributed by atoms with Crippen molar-refractivity contribution in [3.8, 4) is 11.5 Å². The number of nitrogens with zero attached hydrogens (tertiary/aromatic N) is 3. The maximum Gasteiger partial charge on any atom is 0.315 e. The molecule has 2 saturated heterocycles. The molecule has 160 valence electrons. The van der Waals surface area contributed by atoms with E-state index in [1.54, 1.807) is 4.90 Å². The fraction of sp³-hybridized carbons (Fsp3) is 0.421. The molecule has 0 bridgehead atoms. The number of imide groups is 1. The third-order valence-electron chi connectivity index (χ3n) is 4.92. The number of aromatic hydroxyl groups is 1. The summed E-state index contributed by atoms with van der Waals surface area (Å²) < 4.78 is 4.94. The summed E-state index contributed by atoms with van der Waals surface area (Å²) in [5.74, 6) is -1.67. The molecule has 0 atom stereocenters. The first-order chi connectivity index (χ1) is 14.3. The number of likely N-dealkylation sites (tertiary alicyclic amines) is 1. The number of carbonyl (C=O) groups excluding carboxylic acids is 3. The monoisotopic (exact) mass is 435 g/mol. The molecule has 2 aliphatic rings. The van der Waals surface area contributed by atoms with Gasteiger partial charge in [0.15, 0.2) is 5.75 Å². The lowest BCUT2D eigenvalue weighted by atomic mass is 10.1. The molecule has 11 heteroatoms. The van der Waals surface area contributed by atoms with Gasteiger partial charge in [0.25, 0.3) is 11.1 Å². The van der Waals surface area contributed by atoms with E-state index in [1.807, 2.05) is 0 Å². The van der Waals surface area contributed by atoms with Crippen LogP contribution in [0.15, 0.2) is 17.0 Å². The fourth-order valence-corrected chi connectivity index (χ4v) is 4.17. The Balaban J connectivity index is 1.80. The van der Waals surface area contributed by atoms with Crippen molar-refractivity contribution in [2.75, 3.05) is 26.7 Å². The molecule has 3 rings (SSSR count). The Hall–Kier alpha value is -3.08. The largest absolute Gasteiger partial charge is 0.500 e. The van der Waals surface area contributed by atoms with Gasteiger partial charge < -0.3 is 14.7 Å². The van der Waals surface area contributed by atoms with E-state index in [2.05, 4.69) is 0 Å². The Bertz CT molecular complexity index is 923. The number of hydrogen-bond donors (Lipinski definition) is 1. The molecule has 0 radical (unpaired) electrons. The van der Waals surface area contributed by atoms with Gasteiger partial charge in [0.1, 0.15) is 6.54 Å². The van der Waals surface area contributed by atoms with Crippen molar-refractivity contribution in [2.24, 2.45) is 0 Å². The highest BCUT2D eigenvalue weighted by Crippen LogP contribution is 2.39. The second kappa shape index (κ2) is 9.16. The predicted octanol–water partition coefficient (Wildman–Crippen LogP) is 2.75. The van der Waals surface area contributed by atoms with Gasteiger partial charge in [-0.1, -0.05) is 12.8 Å². The maximum atomic E-state index is 12.7. The zero-order valence-electron chi connectivity index (χ0n) is 16.3. The van der Waals surface area contributed by atoms with Crippen LogP contribution in [0.3, 0.4) is 0 Å². The molecule has 2 aliphatic heterocycles. The molecule has 1 aromatic rings. The van der Waals surface area contributed by atoms with Crippen LogP contribution in [-0.4, -0.2) is 63.6 Å². The van der Waals surface area contributed by atoms with E-state index >= 15 is 0 Å². The average Bonchev–Trinajstić information content (AvgIpc) is 2.91. The SMILES string of the molecule is COc1cc(/C=C2\SC(=O)N(CC(=O)N3CCCCCC3)C2=O)cc([N+](=O)[O-])c1O. The number of rotatable bonds is 5. The highest BCUT2D eigenvalue weighted by molar-refractivity contribution is 8.18. The molecule has 3 amide bonds. The average molecular weight is 435 g/mol. The van der Waals surface area contributed by atoms with Crippen LogP contribution in [0.4, 0.5) is 10.5 Å². The molecule has 0 aromatic heterocycles. The molecule has 0 aliphatic carbocycles. The molecule has 10 nitrogen and oxygen atoms in total. The summed E-state index contributed by atoms with van der Waals surface area (Å²) in [5.41, 5.74) is -0.378. The Kier molecular flexibility index (Phi) is 6.60. The first-order valence-corrected chi connectivity index (χ1v) is 10.2. The maximum absolute atomic E-state index is 12.7. The van der Waals surface area contributed by atoms with Crippen LogP contribution in [0.5, 0.6) is 11.5 Å². The van der Waals surface area contributed by atoms with Crippen molar-refractivity contribution in [3.05, 3.63) is 32.7 Å². The highest BCUT2D eigenvalue weighted by atomic mass is 32.2. The minimum atomic E-state index is -0.777. The number of ether oxygens (including phenoxy) is 1. The quantitative estimate of drug-likeness (QED) is 0.424. The minimum Gasteiger partial charge on any atom is -0.500 e. The van der Waals surface area contributed by atoms with Gasteiger partial charge in [-0.3, -0.25) is 29.4 Å². The lowest BCUT2D eigenvalue weighted by Crippen LogP contribution is -2.42. The number of hydrogen-bond acceptors (Lipinski definition) is 8. The topological polar surface area (TPSA) is 130 Å². The van der Waals surface area contributed by atoms with Crippen molar-refractivity contribution >= 4 is 40.6 Å². The lowest BCUT2D eigenvalue weighted by Gasteiger charge is -2.22. The normalized spacial score (nSPS) is 18.6. The van der Waals surface area contributed by atoms with Gasteiger partial charge in [0.2, 0.25) is 11.7 Å². The summed E-state index contributed by atoms with van der Waals surface area (Å²) in [6.45, 7) is 0.894. The number of amides is 3. The van der Waals surface area contributed by atoms with Crippen molar-refractivity contribution in [2.45, 2.75) is 25.7 Å². The van der Waals surface area contributed by atoms with Crippen LogP contribution in [0.25, 0.3) is 6.08 Å². The second-order valence-electron chi connectivity index (χ2n) is 6.91. The summed E-state index contributed by atoms with van der Waals surface area (Å²) in [5, 5.41) is 20.4. The summed E-state index contributed by atoms with van der Waals surface area (Å²) in [6.07, 6.45) is 5.20. The Morgan fingerprint density at radius 2 is 1.93 bits per heavy atom. The number of nitro benzene ring substituents is 1. The van der Waals surface area contributed by atoms with Crippen LogP contribution in [0.2, 0.25) is 0 Å². The van der Waals surface area contributed by atoms with Gasteiger partial charge in [0, 0.05) is 19.2 Å². The first-order valence-electron chi connectivity index (χ1n) is 9.40. The zero-order valence-corrected chi connectivity index (χ0v) is 17.1. The van der Waals surface area contributed by atoms with Gasteiger partial charge in [-0.15, -0.1) is 0 Å². The van der Waals surface area contributed by atoms with E-state index in [0.29, 0.717) is 24.9 Å². The highest BCUT2D eigenvalue weighted by Gasteiger charge is 2.37. The van der Waals surface area contributed by atoms with E-state index in [4.69, 9.17) is 4.74 Å². The van der Waals surface area contributed by atoms with Crippen molar-refractivity contribution in [1.29, 1.82) is 0 Å². The summed E-state index contributed by atoms with van der Waals surface area (Å²) in [6, 6.07) is 2.40. The smallest absolute Gasteiger partial charge is 0.315 e. The van der Waals surface area contributed by atoms with Gasteiger partial charge in [-0.2, -0.15) is 0 Å². The number of methoxy groups -OCH3 is 1. The molecule has 0 unspecified atom stereocenters. The molecule has 1 aromatic carbocycles.